The molecule has 0 bridgehead atoms. The molecular formula is C7H7O4Zn-. The van der Waals surface area contributed by atoms with Crippen LogP contribution in [0, 0.1) is 13.0 Å². The van der Waals surface area contributed by atoms with Crippen molar-refractivity contribution < 1.29 is 39.9 Å². The van der Waals surface area contributed by atoms with Crippen LogP contribution in [0.15, 0.2) is 0 Å². The third-order valence-electron chi connectivity index (χ3n) is 1.40. The molecule has 4 N–H and O–H groups in total. The van der Waals surface area contributed by atoms with Gasteiger partial charge >= 0.3 is 0 Å². The van der Waals surface area contributed by atoms with Gasteiger partial charge in [-0.15, -0.1) is 0 Å². The first kappa shape index (κ1) is 11.0. The first-order valence-corrected chi connectivity index (χ1v) is 2.89. The van der Waals surface area contributed by atoms with Crippen molar-refractivity contribution in [2.75, 3.05) is 0 Å². The molecule has 0 aliphatic heterocycles. The third kappa shape index (κ3) is 1.61. The smallest absolute Gasteiger partial charge is 0.0505 e. The molecule has 1 rings (SSSR count). The van der Waals surface area contributed by atoms with Crippen molar-refractivity contribution in [3.8, 4) is 23.0 Å². The summed E-state index contributed by atoms with van der Waals surface area (Å²) in [5.41, 5.74) is 0.0266. The molecule has 0 aromatic heterocycles. The van der Waals surface area contributed by atoms with E-state index in [2.05, 4.69) is 0 Å². The number of aromatic hydroxyl groups is 4. The van der Waals surface area contributed by atoms with Crippen LogP contribution in [0.5, 0.6) is 23.0 Å². The SMILES string of the molecule is Cc1c(O)c(O)[c-]c(O)c1O.[Zn]. The Labute approximate surface area is 81.9 Å². The molecule has 12 heavy (non-hydrogen) atoms. The van der Waals surface area contributed by atoms with Gasteiger partial charge in [0.05, 0.1) is 11.5 Å². The van der Waals surface area contributed by atoms with Crippen LogP contribution in [0.4, 0.5) is 0 Å². The molecule has 0 amide bonds. The first-order valence-electron chi connectivity index (χ1n) is 2.89. The zero-order chi connectivity index (χ0) is 8.59. The quantitative estimate of drug-likeness (QED) is 0.224. The van der Waals surface area contributed by atoms with E-state index in [0.717, 1.165) is 0 Å². The van der Waals surface area contributed by atoms with Gasteiger partial charge in [0, 0.05) is 31.0 Å². The van der Waals surface area contributed by atoms with E-state index in [0.29, 0.717) is 0 Å². The Bertz CT molecular complexity index is 272. The second kappa shape index (κ2) is 3.63. The summed E-state index contributed by atoms with van der Waals surface area (Å²) in [5, 5.41) is 35.6. The van der Waals surface area contributed by atoms with E-state index in [1.54, 1.807) is 0 Å². The predicted octanol–water partition coefficient (Wildman–Crippen LogP) is 0.615. The Morgan fingerprint density at radius 2 is 1.25 bits per heavy atom. The molecule has 1 aromatic carbocycles. The van der Waals surface area contributed by atoms with E-state index in [1.807, 2.05) is 6.07 Å². The minimum atomic E-state index is -0.571. The van der Waals surface area contributed by atoms with Gasteiger partial charge in [0.2, 0.25) is 0 Å². The van der Waals surface area contributed by atoms with Gasteiger partial charge in [-0.3, -0.25) is 0 Å². The van der Waals surface area contributed by atoms with Crippen LogP contribution in [-0.2, 0) is 19.5 Å². The van der Waals surface area contributed by atoms with Crippen molar-refractivity contribution in [3.63, 3.8) is 0 Å². The average molecular weight is 221 g/mol. The fraction of sp³-hybridized carbons (Fsp3) is 0.143. The number of benzene rings is 1. The summed E-state index contributed by atoms with van der Waals surface area (Å²) >= 11 is 0. The van der Waals surface area contributed by atoms with Crippen molar-refractivity contribution in [1.82, 2.24) is 0 Å². The maximum absolute atomic E-state index is 8.96. The predicted molar refractivity (Wildman–Crippen MR) is 36.7 cm³/mol. The molecule has 0 saturated carbocycles. The standard InChI is InChI=1S/C7H7O4.Zn/c1-3-6(10)4(8)2-5(9)7(3)11;/h8-11H,1H3;/q-1;. The molecule has 0 aliphatic rings. The molecule has 0 radical (unpaired) electrons. The van der Waals surface area contributed by atoms with Gasteiger partial charge in [-0.2, -0.15) is 0 Å². The molecule has 0 fully saturated rings. The second-order valence-corrected chi connectivity index (χ2v) is 2.14. The van der Waals surface area contributed by atoms with Crippen molar-refractivity contribution in [3.05, 3.63) is 11.6 Å². The van der Waals surface area contributed by atoms with Crippen LogP contribution in [0.25, 0.3) is 0 Å². The van der Waals surface area contributed by atoms with Crippen molar-refractivity contribution in [2.45, 2.75) is 6.92 Å². The van der Waals surface area contributed by atoms with Gasteiger partial charge in [-0.05, 0) is 0 Å². The molecule has 5 heteroatoms. The molecule has 0 heterocycles. The molecule has 0 saturated heterocycles. The van der Waals surface area contributed by atoms with E-state index in [9.17, 15) is 0 Å². The summed E-state index contributed by atoms with van der Waals surface area (Å²) < 4.78 is 0. The van der Waals surface area contributed by atoms with Crippen LogP contribution in [0.3, 0.4) is 0 Å². The minimum Gasteiger partial charge on any atom is -0.562 e. The van der Waals surface area contributed by atoms with Crippen molar-refractivity contribution in [1.29, 1.82) is 0 Å². The second-order valence-electron chi connectivity index (χ2n) is 2.14. The number of phenolic OH excluding ortho intramolecular Hbond substituents is 4. The normalized spacial score (nSPS) is 9.08. The Balaban J connectivity index is 0.00000121. The average Bonchev–Trinajstić information content (AvgIpc) is 1.97. The van der Waals surface area contributed by atoms with Crippen LogP contribution >= 0.6 is 0 Å². The third-order valence-corrected chi connectivity index (χ3v) is 1.40. The zero-order valence-electron chi connectivity index (χ0n) is 6.50. The summed E-state index contributed by atoms with van der Waals surface area (Å²) in [4.78, 5) is 0. The van der Waals surface area contributed by atoms with E-state index < -0.39 is 23.0 Å². The Morgan fingerprint density at radius 1 is 0.917 bits per heavy atom. The van der Waals surface area contributed by atoms with Crippen LogP contribution in [-0.4, -0.2) is 20.4 Å². The maximum Gasteiger partial charge on any atom is 0.0505 e. The van der Waals surface area contributed by atoms with Gasteiger partial charge in [-0.25, -0.2) is 0 Å². The fourth-order valence-corrected chi connectivity index (χ4v) is 0.698. The van der Waals surface area contributed by atoms with Gasteiger partial charge in [0.25, 0.3) is 0 Å². The largest absolute Gasteiger partial charge is 0.562 e. The van der Waals surface area contributed by atoms with E-state index in [-0.39, 0.29) is 25.0 Å². The zero-order valence-corrected chi connectivity index (χ0v) is 9.46. The molecule has 1 aromatic rings. The molecule has 0 spiro atoms. The summed E-state index contributed by atoms with van der Waals surface area (Å²) in [6.07, 6.45) is 0. The summed E-state index contributed by atoms with van der Waals surface area (Å²) in [7, 11) is 0. The van der Waals surface area contributed by atoms with E-state index >= 15 is 0 Å². The minimum absolute atomic E-state index is 0. The van der Waals surface area contributed by atoms with Gasteiger partial charge < -0.3 is 20.4 Å². The Hall–Kier alpha value is -0.957. The van der Waals surface area contributed by atoms with Gasteiger partial charge in [0.1, 0.15) is 0 Å². The first-order chi connectivity index (χ1) is 5.04. The van der Waals surface area contributed by atoms with Gasteiger partial charge in [0.15, 0.2) is 0 Å². The summed E-state index contributed by atoms with van der Waals surface area (Å²) in [6, 6.07) is 1.96. The van der Waals surface area contributed by atoms with E-state index in [4.69, 9.17) is 20.4 Å². The van der Waals surface area contributed by atoms with Gasteiger partial charge in [-0.1, -0.05) is 18.6 Å². The topological polar surface area (TPSA) is 80.9 Å². The molecule has 0 atom stereocenters. The molecule has 4 nitrogen and oxygen atoms in total. The number of phenols is 4. The summed E-state index contributed by atoms with van der Waals surface area (Å²) in [6.45, 7) is 1.36. The molecule has 0 unspecified atom stereocenters. The number of hydrogen-bond acceptors (Lipinski definition) is 4. The Kier molecular flexibility index (Phi) is 3.34. The van der Waals surface area contributed by atoms with Crippen LogP contribution in [0.2, 0.25) is 0 Å². The van der Waals surface area contributed by atoms with Crippen LogP contribution < -0.4 is 0 Å². The van der Waals surface area contributed by atoms with E-state index in [1.165, 1.54) is 6.92 Å². The van der Waals surface area contributed by atoms with Crippen molar-refractivity contribution >= 4 is 0 Å². The maximum atomic E-state index is 8.96. The molecular weight excluding hydrogens is 213 g/mol. The summed E-state index contributed by atoms with van der Waals surface area (Å²) in [5.74, 6) is -2.09. The van der Waals surface area contributed by atoms with Crippen LogP contribution in [0.1, 0.15) is 5.56 Å². The fourth-order valence-electron chi connectivity index (χ4n) is 0.698. The number of hydrogen-bond donors (Lipinski definition) is 4. The van der Waals surface area contributed by atoms with Crippen molar-refractivity contribution in [2.24, 2.45) is 0 Å². The Morgan fingerprint density at radius 3 is 1.58 bits per heavy atom. The monoisotopic (exact) mass is 219 g/mol. The molecule has 62 valence electrons. The molecule has 0 aliphatic carbocycles. The number of rotatable bonds is 0.